The summed E-state index contributed by atoms with van der Waals surface area (Å²) in [5, 5.41) is 3.57. The van der Waals surface area contributed by atoms with Gasteiger partial charge in [-0.1, -0.05) is 13.0 Å². The number of nitrogens with one attached hydrogen (secondary N) is 1. The van der Waals surface area contributed by atoms with Crippen LogP contribution in [0.15, 0.2) is 18.2 Å². The van der Waals surface area contributed by atoms with Crippen LogP contribution < -0.4 is 5.32 Å². The van der Waals surface area contributed by atoms with Gasteiger partial charge in [-0.05, 0) is 56.1 Å². The molecule has 0 aromatic heterocycles. The van der Waals surface area contributed by atoms with Crippen LogP contribution in [0.3, 0.4) is 0 Å². The maximum absolute atomic E-state index is 13.1. The van der Waals surface area contributed by atoms with Crippen LogP contribution in [0, 0.1) is 12.7 Å². The van der Waals surface area contributed by atoms with Crippen molar-refractivity contribution in [3.05, 3.63) is 35.1 Å². The van der Waals surface area contributed by atoms with Gasteiger partial charge < -0.3 is 5.32 Å². The summed E-state index contributed by atoms with van der Waals surface area (Å²) in [4.78, 5) is 2.48. The van der Waals surface area contributed by atoms with Crippen molar-refractivity contribution in [2.75, 3.05) is 19.6 Å². The van der Waals surface area contributed by atoms with Crippen LogP contribution in [-0.4, -0.2) is 30.6 Å². The number of nitrogens with zero attached hydrogens (tertiary/aromatic N) is 1. The lowest BCUT2D eigenvalue weighted by Crippen LogP contribution is -2.36. The Labute approximate surface area is 109 Å². The fourth-order valence-electron chi connectivity index (χ4n) is 2.57. The third-order valence-electron chi connectivity index (χ3n) is 3.75. The van der Waals surface area contributed by atoms with E-state index in [9.17, 15) is 4.39 Å². The second kappa shape index (κ2) is 6.30. The average molecular weight is 250 g/mol. The number of hydrogen-bond donors (Lipinski definition) is 1. The molecule has 1 N–H and O–H groups in total. The van der Waals surface area contributed by atoms with Crippen LogP contribution in [0.1, 0.15) is 30.9 Å². The molecule has 0 aliphatic carbocycles. The van der Waals surface area contributed by atoms with Crippen molar-refractivity contribution in [3.63, 3.8) is 0 Å². The second-order valence-electron chi connectivity index (χ2n) is 5.22. The lowest BCUT2D eigenvalue weighted by molar-refractivity contribution is 0.257. The minimum atomic E-state index is -0.139. The van der Waals surface area contributed by atoms with E-state index in [4.69, 9.17) is 0 Å². The summed E-state index contributed by atoms with van der Waals surface area (Å²) in [7, 11) is 0. The minimum Gasteiger partial charge on any atom is -0.313 e. The van der Waals surface area contributed by atoms with Gasteiger partial charge >= 0.3 is 0 Å². The zero-order valence-corrected chi connectivity index (χ0v) is 11.4. The third kappa shape index (κ3) is 3.53. The molecule has 1 unspecified atom stereocenters. The number of halogens is 1. The SMILES string of the molecule is CCC1CN(Cc2ccc(F)cc2C)CCCN1. The first-order chi connectivity index (χ1) is 8.69. The normalized spacial score (nSPS) is 21.8. The van der Waals surface area contributed by atoms with E-state index in [0.717, 1.165) is 31.7 Å². The Morgan fingerprint density at radius 2 is 2.28 bits per heavy atom. The Bertz CT molecular complexity index is 392. The molecule has 0 saturated carbocycles. The summed E-state index contributed by atoms with van der Waals surface area (Å²) in [5.74, 6) is -0.139. The number of rotatable bonds is 3. The average Bonchev–Trinajstić information content (AvgIpc) is 2.58. The third-order valence-corrected chi connectivity index (χ3v) is 3.75. The topological polar surface area (TPSA) is 15.3 Å². The van der Waals surface area contributed by atoms with Crippen LogP contribution in [0.2, 0.25) is 0 Å². The van der Waals surface area contributed by atoms with Crippen LogP contribution in [0.5, 0.6) is 0 Å². The molecule has 18 heavy (non-hydrogen) atoms. The summed E-state index contributed by atoms with van der Waals surface area (Å²) >= 11 is 0. The first-order valence-electron chi connectivity index (χ1n) is 6.90. The van der Waals surface area contributed by atoms with E-state index in [1.165, 1.54) is 18.4 Å². The van der Waals surface area contributed by atoms with Crippen LogP contribution in [0.25, 0.3) is 0 Å². The molecule has 1 fully saturated rings. The van der Waals surface area contributed by atoms with Crippen molar-refractivity contribution >= 4 is 0 Å². The number of benzene rings is 1. The maximum Gasteiger partial charge on any atom is 0.123 e. The Morgan fingerprint density at radius 1 is 1.44 bits per heavy atom. The van der Waals surface area contributed by atoms with Gasteiger partial charge in [0.05, 0.1) is 0 Å². The van der Waals surface area contributed by atoms with E-state index in [1.807, 2.05) is 13.0 Å². The molecule has 0 bridgehead atoms. The monoisotopic (exact) mass is 250 g/mol. The molecule has 1 heterocycles. The highest BCUT2D eigenvalue weighted by atomic mass is 19.1. The van der Waals surface area contributed by atoms with Crippen molar-refractivity contribution in [3.8, 4) is 0 Å². The molecule has 1 aromatic carbocycles. The highest BCUT2D eigenvalue weighted by Crippen LogP contribution is 2.14. The van der Waals surface area contributed by atoms with Crippen molar-refractivity contribution in [1.82, 2.24) is 10.2 Å². The van der Waals surface area contributed by atoms with Gasteiger partial charge in [0.1, 0.15) is 5.82 Å². The first kappa shape index (κ1) is 13.5. The van der Waals surface area contributed by atoms with Gasteiger partial charge in [0.2, 0.25) is 0 Å². The summed E-state index contributed by atoms with van der Waals surface area (Å²) in [6, 6.07) is 5.70. The van der Waals surface area contributed by atoms with Gasteiger partial charge in [0.15, 0.2) is 0 Å². The van der Waals surface area contributed by atoms with Gasteiger partial charge in [0.25, 0.3) is 0 Å². The standard InChI is InChI=1S/C15H23FN2/c1-3-15-11-18(8-4-7-17-15)10-13-5-6-14(16)9-12(13)2/h5-6,9,15,17H,3-4,7-8,10-11H2,1-2H3. The van der Waals surface area contributed by atoms with Crippen molar-refractivity contribution in [2.24, 2.45) is 0 Å². The molecule has 0 radical (unpaired) electrons. The Hall–Kier alpha value is -0.930. The van der Waals surface area contributed by atoms with E-state index >= 15 is 0 Å². The molecule has 0 spiro atoms. The highest BCUT2D eigenvalue weighted by Gasteiger charge is 2.16. The molecule has 1 aliphatic heterocycles. The van der Waals surface area contributed by atoms with Gasteiger partial charge in [0, 0.05) is 19.1 Å². The van der Waals surface area contributed by atoms with Crippen LogP contribution in [-0.2, 0) is 6.54 Å². The first-order valence-corrected chi connectivity index (χ1v) is 6.90. The predicted molar refractivity (Wildman–Crippen MR) is 73.1 cm³/mol. The zero-order chi connectivity index (χ0) is 13.0. The molecule has 1 saturated heterocycles. The van der Waals surface area contributed by atoms with E-state index in [2.05, 4.69) is 17.1 Å². The van der Waals surface area contributed by atoms with Gasteiger partial charge in [-0.25, -0.2) is 4.39 Å². The molecular weight excluding hydrogens is 227 g/mol. The quantitative estimate of drug-likeness (QED) is 0.887. The van der Waals surface area contributed by atoms with E-state index < -0.39 is 0 Å². The summed E-state index contributed by atoms with van der Waals surface area (Å²) in [6.45, 7) is 8.48. The smallest absolute Gasteiger partial charge is 0.123 e. The molecule has 1 aromatic rings. The van der Waals surface area contributed by atoms with Crippen molar-refractivity contribution in [2.45, 2.75) is 39.3 Å². The Balaban J connectivity index is 2.02. The van der Waals surface area contributed by atoms with E-state index in [1.54, 1.807) is 12.1 Å². The number of aryl methyl sites for hydroxylation is 1. The molecule has 1 atom stereocenters. The van der Waals surface area contributed by atoms with E-state index in [-0.39, 0.29) is 5.82 Å². The summed E-state index contributed by atoms with van der Waals surface area (Å²) in [6.07, 6.45) is 2.36. The van der Waals surface area contributed by atoms with Gasteiger partial charge in [-0.15, -0.1) is 0 Å². The molecule has 2 rings (SSSR count). The lowest BCUT2D eigenvalue weighted by atomic mass is 10.1. The highest BCUT2D eigenvalue weighted by molar-refractivity contribution is 5.26. The number of hydrogen-bond acceptors (Lipinski definition) is 2. The Kier molecular flexibility index (Phi) is 4.72. The van der Waals surface area contributed by atoms with E-state index in [0.29, 0.717) is 6.04 Å². The predicted octanol–water partition coefficient (Wildman–Crippen LogP) is 2.71. The molecule has 2 nitrogen and oxygen atoms in total. The molecule has 100 valence electrons. The summed E-state index contributed by atoms with van der Waals surface area (Å²) < 4.78 is 13.1. The van der Waals surface area contributed by atoms with Crippen LogP contribution in [0.4, 0.5) is 4.39 Å². The maximum atomic E-state index is 13.1. The second-order valence-corrected chi connectivity index (χ2v) is 5.22. The van der Waals surface area contributed by atoms with Gasteiger partial charge in [-0.2, -0.15) is 0 Å². The van der Waals surface area contributed by atoms with Crippen LogP contribution >= 0.6 is 0 Å². The molecule has 0 amide bonds. The lowest BCUT2D eigenvalue weighted by Gasteiger charge is -2.24. The zero-order valence-electron chi connectivity index (χ0n) is 11.4. The van der Waals surface area contributed by atoms with Crippen molar-refractivity contribution in [1.29, 1.82) is 0 Å². The van der Waals surface area contributed by atoms with Gasteiger partial charge in [-0.3, -0.25) is 4.90 Å². The molecular formula is C15H23FN2. The minimum absolute atomic E-state index is 0.139. The Morgan fingerprint density at radius 3 is 3.00 bits per heavy atom. The fraction of sp³-hybridized carbons (Fsp3) is 0.600. The molecule has 1 aliphatic rings. The van der Waals surface area contributed by atoms with Crippen molar-refractivity contribution < 1.29 is 4.39 Å². The largest absolute Gasteiger partial charge is 0.313 e. The molecule has 3 heteroatoms. The fourth-order valence-corrected chi connectivity index (χ4v) is 2.57. The summed E-state index contributed by atoms with van der Waals surface area (Å²) in [5.41, 5.74) is 2.30.